The number of carbonyl (C=O) groups is 2. The highest BCUT2D eigenvalue weighted by Crippen LogP contribution is 2.32. The van der Waals surface area contributed by atoms with Crippen molar-refractivity contribution in [1.29, 1.82) is 0 Å². The topological polar surface area (TPSA) is 65.1 Å². The standard InChI is InChI=1S/C18H15BF3NO5/c1-23-10-16(24)27-19(28-17(25)11-23)13-5-3-7-15(9-13)26-14-6-2-4-12(8-14)18(20,21)22/h2-9H,10-11H2,1H3. The molecule has 0 aliphatic carbocycles. The van der Waals surface area contributed by atoms with Crippen molar-refractivity contribution in [3.8, 4) is 11.5 Å². The third-order valence-corrected chi connectivity index (χ3v) is 3.80. The molecule has 0 amide bonds. The van der Waals surface area contributed by atoms with E-state index in [9.17, 15) is 22.8 Å². The summed E-state index contributed by atoms with van der Waals surface area (Å²) in [6.07, 6.45) is -4.49. The second-order valence-corrected chi connectivity index (χ2v) is 6.18. The zero-order chi connectivity index (χ0) is 20.3. The average Bonchev–Trinajstić information content (AvgIpc) is 2.59. The fraction of sp³-hybridized carbons (Fsp3) is 0.222. The SMILES string of the molecule is CN1CC(=O)OB(c2cccc(Oc3cccc(C(F)(F)F)c3)c2)OC(=O)C1. The number of nitrogens with zero attached hydrogens (tertiary/aromatic N) is 1. The van der Waals surface area contributed by atoms with E-state index in [-0.39, 0.29) is 24.6 Å². The van der Waals surface area contributed by atoms with E-state index in [0.717, 1.165) is 12.1 Å². The lowest BCUT2D eigenvalue weighted by molar-refractivity contribution is -0.145. The van der Waals surface area contributed by atoms with Gasteiger partial charge in [-0.1, -0.05) is 18.2 Å². The van der Waals surface area contributed by atoms with E-state index < -0.39 is 30.8 Å². The molecule has 10 heteroatoms. The number of rotatable bonds is 3. The van der Waals surface area contributed by atoms with Gasteiger partial charge >= 0.3 is 25.2 Å². The van der Waals surface area contributed by atoms with Crippen molar-refractivity contribution < 1.29 is 36.8 Å². The summed E-state index contributed by atoms with van der Waals surface area (Å²) in [6.45, 7) is -0.155. The number of halogens is 3. The Morgan fingerprint density at radius 2 is 1.54 bits per heavy atom. The van der Waals surface area contributed by atoms with E-state index in [2.05, 4.69) is 0 Å². The molecule has 2 aromatic rings. The fourth-order valence-corrected chi connectivity index (χ4v) is 2.57. The second-order valence-electron chi connectivity index (χ2n) is 6.18. The molecule has 146 valence electrons. The Hall–Kier alpha value is -3.01. The summed E-state index contributed by atoms with van der Waals surface area (Å²) >= 11 is 0. The highest BCUT2D eigenvalue weighted by Gasteiger charge is 2.34. The lowest BCUT2D eigenvalue weighted by Crippen LogP contribution is -2.47. The van der Waals surface area contributed by atoms with Crippen molar-refractivity contribution in [2.24, 2.45) is 0 Å². The molecule has 0 spiro atoms. The molecule has 1 aliphatic rings. The molecule has 0 N–H and O–H groups in total. The minimum atomic E-state index is -4.49. The first kappa shape index (κ1) is 19.7. The molecule has 0 saturated carbocycles. The summed E-state index contributed by atoms with van der Waals surface area (Å²) in [7, 11) is 0.311. The van der Waals surface area contributed by atoms with E-state index in [1.807, 2.05) is 0 Å². The van der Waals surface area contributed by atoms with Crippen LogP contribution < -0.4 is 10.2 Å². The molecule has 28 heavy (non-hydrogen) atoms. The molecule has 1 fully saturated rings. The molecular weight excluding hydrogens is 378 g/mol. The summed E-state index contributed by atoms with van der Waals surface area (Å²) in [6, 6.07) is 10.5. The van der Waals surface area contributed by atoms with Gasteiger partial charge in [-0.15, -0.1) is 0 Å². The van der Waals surface area contributed by atoms with Gasteiger partial charge in [0.2, 0.25) is 0 Å². The van der Waals surface area contributed by atoms with Gasteiger partial charge in [0.1, 0.15) is 11.5 Å². The summed E-state index contributed by atoms with van der Waals surface area (Å²) in [5.74, 6) is -0.975. The van der Waals surface area contributed by atoms with Crippen LogP contribution in [0, 0.1) is 0 Å². The summed E-state index contributed by atoms with van der Waals surface area (Å²) in [5, 5.41) is 0. The van der Waals surface area contributed by atoms with Crippen LogP contribution in [0.2, 0.25) is 0 Å². The number of ether oxygens (including phenoxy) is 1. The van der Waals surface area contributed by atoms with Crippen molar-refractivity contribution in [2.75, 3.05) is 20.1 Å². The highest BCUT2D eigenvalue weighted by molar-refractivity contribution is 6.64. The van der Waals surface area contributed by atoms with Gasteiger partial charge in [0.15, 0.2) is 0 Å². The van der Waals surface area contributed by atoms with Gasteiger partial charge in [-0.25, -0.2) is 0 Å². The number of benzene rings is 2. The van der Waals surface area contributed by atoms with Gasteiger partial charge in [-0.2, -0.15) is 13.2 Å². The molecule has 0 bridgehead atoms. The Labute approximate surface area is 158 Å². The molecule has 1 aliphatic heterocycles. The number of carbonyl (C=O) groups excluding carboxylic acids is 2. The van der Waals surface area contributed by atoms with Crippen molar-refractivity contribution in [3.05, 3.63) is 54.1 Å². The van der Waals surface area contributed by atoms with Gasteiger partial charge in [0.05, 0.1) is 18.7 Å². The van der Waals surface area contributed by atoms with Crippen LogP contribution in [0.15, 0.2) is 48.5 Å². The Morgan fingerprint density at radius 1 is 0.964 bits per heavy atom. The third-order valence-electron chi connectivity index (χ3n) is 3.80. The number of hydrogen-bond acceptors (Lipinski definition) is 6. The van der Waals surface area contributed by atoms with E-state index in [0.29, 0.717) is 5.46 Å². The third kappa shape index (κ3) is 5.04. The highest BCUT2D eigenvalue weighted by atomic mass is 19.4. The van der Waals surface area contributed by atoms with Crippen LogP contribution in [0.3, 0.4) is 0 Å². The van der Waals surface area contributed by atoms with Crippen molar-refractivity contribution in [2.45, 2.75) is 6.18 Å². The Kier molecular flexibility index (Phi) is 5.59. The van der Waals surface area contributed by atoms with Crippen LogP contribution in [-0.4, -0.2) is 44.1 Å². The molecule has 2 aromatic carbocycles. The second kappa shape index (κ2) is 7.93. The molecule has 3 rings (SSSR count). The molecule has 0 aromatic heterocycles. The molecule has 0 atom stereocenters. The van der Waals surface area contributed by atoms with Crippen LogP contribution in [0.4, 0.5) is 13.2 Å². The zero-order valence-electron chi connectivity index (χ0n) is 14.7. The van der Waals surface area contributed by atoms with E-state index >= 15 is 0 Å². The molecule has 0 radical (unpaired) electrons. The van der Waals surface area contributed by atoms with Gasteiger partial charge in [-0.3, -0.25) is 14.5 Å². The van der Waals surface area contributed by atoms with Crippen LogP contribution in [-0.2, 0) is 25.1 Å². The summed E-state index contributed by atoms with van der Waals surface area (Å²) < 4.78 is 54.3. The Balaban J connectivity index is 1.80. The Morgan fingerprint density at radius 3 is 2.14 bits per heavy atom. The number of likely N-dealkylation sites (N-methyl/N-ethyl adjacent to an activating group) is 1. The zero-order valence-corrected chi connectivity index (χ0v) is 14.7. The average molecular weight is 393 g/mol. The maximum Gasteiger partial charge on any atom is 0.636 e. The maximum absolute atomic E-state index is 12.8. The van der Waals surface area contributed by atoms with E-state index in [4.69, 9.17) is 14.0 Å². The normalized spacial score (nSPS) is 16.1. The van der Waals surface area contributed by atoms with Gasteiger partial charge in [-0.05, 0) is 37.4 Å². The monoisotopic (exact) mass is 393 g/mol. The van der Waals surface area contributed by atoms with E-state index in [1.54, 1.807) is 19.2 Å². The van der Waals surface area contributed by atoms with Crippen molar-refractivity contribution in [1.82, 2.24) is 4.90 Å². The Bertz CT molecular complexity index is 870. The van der Waals surface area contributed by atoms with E-state index in [1.165, 1.54) is 29.2 Å². The van der Waals surface area contributed by atoms with Crippen molar-refractivity contribution in [3.63, 3.8) is 0 Å². The fourth-order valence-electron chi connectivity index (χ4n) is 2.57. The van der Waals surface area contributed by atoms with Gasteiger partial charge in [0, 0.05) is 5.46 Å². The smallest absolute Gasteiger partial charge is 0.494 e. The lowest BCUT2D eigenvalue weighted by Gasteiger charge is -2.22. The predicted octanol–water partition coefficient (Wildman–Crippen LogP) is 2.22. The first-order valence-corrected chi connectivity index (χ1v) is 8.23. The minimum Gasteiger partial charge on any atom is -0.494 e. The first-order valence-electron chi connectivity index (χ1n) is 8.23. The molecule has 1 saturated heterocycles. The van der Waals surface area contributed by atoms with Crippen LogP contribution in [0.1, 0.15) is 5.56 Å². The summed E-state index contributed by atoms with van der Waals surface area (Å²) in [5.41, 5.74) is -0.524. The lowest BCUT2D eigenvalue weighted by atomic mass is 9.78. The number of hydrogen-bond donors (Lipinski definition) is 0. The molecule has 1 heterocycles. The maximum atomic E-state index is 12.8. The van der Waals surface area contributed by atoms with Gasteiger partial charge in [0.25, 0.3) is 0 Å². The quantitative estimate of drug-likeness (QED) is 0.746. The minimum absolute atomic E-state index is 0.0137. The van der Waals surface area contributed by atoms with Crippen LogP contribution in [0.5, 0.6) is 11.5 Å². The van der Waals surface area contributed by atoms with Gasteiger partial charge < -0.3 is 14.0 Å². The first-order chi connectivity index (χ1) is 13.2. The summed E-state index contributed by atoms with van der Waals surface area (Å²) in [4.78, 5) is 25.2. The molecular formula is C18H15BF3NO5. The van der Waals surface area contributed by atoms with Crippen LogP contribution in [0.25, 0.3) is 0 Å². The molecule has 6 nitrogen and oxygen atoms in total. The van der Waals surface area contributed by atoms with Crippen molar-refractivity contribution >= 4 is 24.5 Å². The largest absolute Gasteiger partial charge is 0.636 e. The number of alkyl halides is 3. The molecule has 0 unspecified atom stereocenters. The van der Waals surface area contributed by atoms with Crippen LogP contribution >= 0.6 is 0 Å². The predicted molar refractivity (Wildman–Crippen MR) is 93.0 cm³/mol.